The zero-order valence-corrected chi connectivity index (χ0v) is 17.0. The maximum atomic E-state index is 12.5. The highest BCUT2D eigenvalue weighted by atomic mass is 16.5. The second-order valence-corrected chi connectivity index (χ2v) is 7.52. The maximum absolute atomic E-state index is 12.5. The lowest BCUT2D eigenvalue weighted by molar-refractivity contribution is -0.155. The summed E-state index contributed by atoms with van der Waals surface area (Å²) in [6, 6.07) is 4.77. The molecule has 8 nitrogen and oxygen atoms in total. The van der Waals surface area contributed by atoms with Gasteiger partial charge in [-0.25, -0.2) is 9.59 Å². The second-order valence-electron chi connectivity index (χ2n) is 7.52. The number of urea groups is 1. The van der Waals surface area contributed by atoms with Crippen molar-refractivity contribution in [3.05, 3.63) is 30.1 Å². The molecule has 0 spiro atoms. The molecule has 0 unspecified atom stereocenters. The van der Waals surface area contributed by atoms with Crippen LogP contribution >= 0.6 is 0 Å². The van der Waals surface area contributed by atoms with Crippen LogP contribution in [-0.2, 0) is 19.9 Å². The van der Waals surface area contributed by atoms with E-state index in [0.717, 1.165) is 19.3 Å². The lowest BCUT2D eigenvalue weighted by atomic mass is 9.86. The molecule has 1 aromatic rings. The number of nitrogens with zero attached hydrogens (tertiary/aromatic N) is 2. The number of carbonyl (C=O) groups excluding carboxylic acids is 3. The third-order valence-corrected chi connectivity index (χ3v) is 5.57. The molecule has 2 N–H and O–H groups in total. The quantitative estimate of drug-likeness (QED) is 0.719. The second kappa shape index (κ2) is 9.64. The summed E-state index contributed by atoms with van der Waals surface area (Å²) < 4.78 is 4.93. The molecule has 1 aliphatic carbocycles. The fraction of sp³-hybridized carbons (Fsp3) is 0.600. The Morgan fingerprint density at radius 1 is 1.29 bits per heavy atom. The summed E-state index contributed by atoms with van der Waals surface area (Å²) in [4.78, 5) is 42.8. The van der Waals surface area contributed by atoms with Gasteiger partial charge in [0.25, 0.3) is 0 Å². The Kier molecular flexibility index (Phi) is 7.51. The number of likely N-dealkylation sites (N-methyl/N-ethyl adjacent to an activating group) is 1. The van der Waals surface area contributed by atoms with Gasteiger partial charge in [-0.3, -0.25) is 20.0 Å². The normalized spacial score (nSPS) is 21.5. The Morgan fingerprint density at radius 3 is 2.61 bits per heavy atom. The average molecular weight is 390 g/mol. The van der Waals surface area contributed by atoms with Gasteiger partial charge >= 0.3 is 12.0 Å². The first-order chi connectivity index (χ1) is 13.3. The molecule has 28 heavy (non-hydrogen) atoms. The molecule has 154 valence electrons. The summed E-state index contributed by atoms with van der Waals surface area (Å²) in [5.74, 6) is -0.652. The number of methoxy groups -OCH3 is 1. The van der Waals surface area contributed by atoms with Gasteiger partial charge in [-0.2, -0.15) is 0 Å². The van der Waals surface area contributed by atoms with Crippen molar-refractivity contribution in [3.8, 4) is 0 Å². The van der Waals surface area contributed by atoms with E-state index in [1.807, 2.05) is 0 Å². The number of esters is 1. The molecule has 1 heterocycles. The Morgan fingerprint density at radius 2 is 2.00 bits per heavy atom. The number of ether oxygens (including phenoxy) is 1. The molecule has 2 rings (SSSR count). The standard InChI is InChI=1S/C20H30N4O4/c1-14-9-5-6-10-15(14)22-19(27)23-17(25)13-24(3)20(2,18(26)28-4)16-11-7-8-12-21-16/h7-8,11-12,14-15H,5-6,9-10,13H2,1-4H3,(H2,22,23,25,27)/t14-,15-,20+/m1/s1. The summed E-state index contributed by atoms with van der Waals surface area (Å²) in [6.45, 7) is 3.57. The molecule has 0 saturated heterocycles. The number of hydrogen-bond acceptors (Lipinski definition) is 6. The number of nitrogens with one attached hydrogen (secondary N) is 2. The predicted octanol–water partition coefficient (Wildman–Crippen LogP) is 1.81. The van der Waals surface area contributed by atoms with Gasteiger partial charge in [0.1, 0.15) is 0 Å². The van der Waals surface area contributed by atoms with Crippen LogP contribution in [-0.4, -0.2) is 54.5 Å². The first-order valence-corrected chi connectivity index (χ1v) is 9.60. The minimum Gasteiger partial charge on any atom is -0.467 e. The van der Waals surface area contributed by atoms with Gasteiger partial charge in [0, 0.05) is 12.2 Å². The van der Waals surface area contributed by atoms with Gasteiger partial charge in [0.05, 0.1) is 19.3 Å². The SMILES string of the molecule is COC(=O)[C@](C)(c1ccccn1)N(C)CC(=O)NC(=O)N[C@@H]1CCCC[C@H]1C. The fourth-order valence-corrected chi connectivity index (χ4v) is 3.58. The van der Waals surface area contributed by atoms with E-state index in [0.29, 0.717) is 11.6 Å². The van der Waals surface area contributed by atoms with Crippen LogP contribution in [0.15, 0.2) is 24.4 Å². The Balaban J connectivity index is 2.00. The lowest BCUT2D eigenvalue weighted by Gasteiger charge is -2.35. The number of rotatable bonds is 6. The van der Waals surface area contributed by atoms with Crippen LogP contribution in [0.25, 0.3) is 0 Å². The van der Waals surface area contributed by atoms with Gasteiger partial charge in [-0.05, 0) is 44.9 Å². The van der Waals surface area contributed by atoms with Crippen molar-refractivity contribution in [1.29, 1.82) is 0 Å². The van der Waals surface area contributed by atoms with Gasteiger partial charge < -0.3 is 10.1 Å². The Bertz CT molecular complexity index is 697. The molecule has 1 aliphatic rings. The van der Waals surface area contributed by atoms with E-state index >= 15 is 0 Å². The largest absolute Gasteiger partial charge is 0.467 e. The van der Waals surface area contributed by atoms with Crippen molar-refractivity contribution >= 4 is 17.9 Å². The summed E-state index contributed by atoms with van der Waals surface area (Å²) in [5, 5.41) is 5.24. The first-order valence-electron chi connectivity index (χ1n) is 9.60. The van der Waals surface area contributed by atoms with Crippen molar-refractivity contribution < 1.29 is 19.1 Å². The molecular weight excluding hydrogens is 360 g/mol. The third kappa shape index (κ3) is 5.07. The Labute approximate surface area is 166 Å². The molecule has 3 amide bonds. The summed E-state index contributed by atoms with van der Waals surface area (Å²) in [5.41, 5.74) is -0.806. The van der Waals surface area contributed by atoms with Crippen LogP contribution in [0.2, 0.25) is 0 Å². The Hall–Kier alpha value is -2.48. The van der Waals surface area contributed by atoms with Crippen molar-refractivity contribution in [3.63, 3.8) is 0 Å². The fourth-order valence-electron chi connectivity index (χ4n) is 3.58. The van der Waals surface area contributed by atoms with E-state index in [-0.39, 0.29) is 12.6 Å². The summed E-state index contributed by atoms with van der Waals surface area (Å²) in [7, 11) is 2.91. The van der Waals surface area contributed by atoms with Crippen LogP contribution in [0.1, 0.15) is 45.2 Å². The number of amides is 3. The highest BCUT2D eigenvalue weighted by Gasteiger charge is 2.42. The molecule has 0 aromatic carbocycles. The molecule has 8 heteroatoms. The number of imide groups is 1. The molecular formula is C20H30N4O4. The topological polar surface area (TPSA) is 101 Å². The summed E-state index contributed by atoms with van der Waals surface area (Å²) >= 11 is 0. The summed E-state index contributed by atoms with van der Waals surface area (Å²) in [6.07, 6.45) is 5.81. The predicted molar refractivity (Wildman–Crippen MR) is 104 cm³/mol. The van der Waals surface area contributed by atoms with E-state index in [1.165, 1.54) is 18.4 Å². The number of carbonyl (C=O) groups is 3. The van der Waals surface area contributed by atoms with E-state index in [4.69, 9.17) is 4.74 Å². The average Bonchev–Trinajstić information content (AvgIpc) is 2.68. The highest BCUT2D eigenvalue weighted by Crippen LogP contribution is 2.27. The van der Waals surface area contributed by atoms with Crippen molar-refractivity contribution in [2.24, 2.45) is 5.92 Å². The van der Waals surface area contributed by atoms with Crippen LogP contribution in [0.4, 0.5) is 4.79 Å². The minimum atomic E-state index is -1.26. The number of hydrogen-bond donors (Lipinski definition) is 2. The van der Waals surface area contributed by atoms with E-state index < -0.39 is 23.4 Å². The lowest BCUT2D eigenvalue weighted by Crippen LogP contribution is -2.54. The zero-order chi connectivity index (χ0) is 20.7. The van der Waals surface area contributed by atoms with E-state index in [1.54, 1.807) is 38.4 Å². The monoisotopic (exact) mass is 390 g/mol. The highest BCUT2D eigenvalue weighted by molar-refractivity contribution is 5.95. The zero-order valence-electron chi connectivity index (χ0n) is 17.0. The van der Waals surface area contributed by atoms with Gasteiger partial charge in [-0.1, -0.05) is 25.8 Å². The van der Waals surface area contributed by atoms with Crippen LogP contribution in [0.3, 0.4) is 0 Å². The maximum Gasteiger partial charge on any atom is 0.332 e. The van der Waals surface area contributed by atoms with Gasteiger partial charge in [0.2, 0.25) is 5.91 Å². The van der Waals surface area contributed by atoms with E-state index in [2.05, 4.69) is 22.5 Å². The smallest absolute Gasteiger partial charge is 0.332 e. The molecule has 0 radical (unpaired) electrons. The molecule has 0 bridgehead atoms. The van der Waals surface area contributed by atoms with Crippen molar-refractivity contribution in [2.75, 3.05) is 20.7 Å². The number of aromatic nitrogens is 1. The van der Waals surface area contributed by atoms with Crippen molar-refractivity contribution in [2.45, 2.75) is 51.1 Å². The molecule has 1 fully saturated rings. The molecule has 1 aromatic heterocycles. The van der Waals surface area contributed by atoms with Gasteiger partial charge in [-0.15, -0.1) is 0 Å². The van der Waals surface area contributed by atoms with Crippen molar-refractivity contribution in [1.82, 2.24) is 20.5 Å². The minimum absolute atomic E-state index is 0.0770. The number of pyridine rings is 1. The van der Waals surface area contributed by atoms with Crippen LogP contribution < -0.4 is 10.6 Å². The molecule has 1 saturated carbocycles. The van der Waals surface area contributed by atoms with Gasteiger partial charge in [0.15, 0.2) is 5.54 Å². The van der Waals surface area contributed by atoms with Crippen LogP contribution in [0.5, 0.6) is 0 Å². The first kappa shape index (κ1) is 21.8. The third-order valence-electron chi connectivity index (χ3n) is 5.57. The molecule has 3 atom stereocenters. The van der Waals surface area contributed by atoms with Crippen LogP contribution in [0, 0.1) is 5.92 Å². The van der Waals surface area contributed by atoms with E-state index in [9.17, 15) is 14.4 Å². The molecule has 0 aliphatic heterocycles.